The fraction of sp³-hybridized carbons (Fsp3) is 0.636. The van der Waals surface area contributed by atoms with Gasteiger partial charge in [0, 0.05) is 25.8 Å². The first-order valence-corrected chi connectivity index (χ1v) is 11.2. The van der Waals surface area contributed by atoms with Crippen molar-refractivity contribution in [1.29, 1.82) is 0 Å². The highest BCUT2D eigenvalue weighted by atomic mass is 16.6. The van der Waals surface area contributed by atoms with E-state index in [1.54, 1.807) is 31.0 Å². The van der Waals surface area contributed by atoms with Crippen LogP contribution in [0.1, 0.15) is 64.4 Å². The van der Waals surface area contributed by atoms with Gasteiger partial charge in [-0.2, -0.15) is 10.1 Å². The van der Waals surface area contributed by atoms with E-state index in [1.807, 2.05) is 32.6 Å². The summed E-state index contributed by atoms with van der Waals surface area (Å²) < 4.78 is 12.3. The second-order valence-corrected chi connectivity index (χ2v) is 9.18. The molecule has 1 N–H and O–H groups in total. The number of piperidine rings is 1. The van der Waals surface area contributed by atoms with Crippen molar-refractivity contribution in [3.63, 3.8) is 0 Å². The van der Waals surface area contributed by atoms with E-state index in [2.05, 4.69) is 25.6 Å². The maximum absolute atomic E-state index is 12.4. The van der Waals surface area contributed by atoms with Crippen molar-refractivity contribution in [2.24, 2.45) is 13.0 Å². The average Bonchev–Trinajstić information content (AvgIpc) is 3.13. The molecule has 2 aromatic rings. The van der Waals surface area contributed by atoms with Crippen LogP contribution in [-0.4, -0.2) is 61.7 Å². The molecule has 0 aromatic carbocycles. The van der Waals surface area contributed by atoms with Crippen LogP contribution in [0.5, 0.6) is 0 Å². The summed E-state index contributed by atoms with van der Waals surface area (Å²) in [7, 11) is 1.79. The number of nitrogens with one attached hydrogen (secondary N) is 1. The Morgan fingerprint density at radius 1 is 1.27 bits per heavy atom. The smallest absolute Gasteiger partial charge is 0.362 e. The molecule has 0 aliphatic carbocycles. The number of ether oxygens (including phenoxy) is 2. The van der Waals surface area contributed by atoms with Crippen LogP contribution >= 0.6 is 0 Å². The fourth-order valence-electron chi connectivity index (χ4n) is 3.86. The molecular formula is C22H33N7O4. The Balaban J connectivity index is 1.84. The molecule has 180 valence electrons. The Kier molecular flexibility index (Phi) is 7.50. The lowest BCUT2D eigenvalue weighted by Gasteiger charge is -2.39. The lowest BCUT2D eigenvalue weighted by molar-refractivity contribution is -0.156. The Morgan fingerprint density at radius 3 is 2.67 bits per heavy atom. The first-order valence-electron chi connectivity index (χ1n) is 11.2. The lowest BCUT2D eigenvalue weighted by atomic mass is 9.87. The second kappa shape index (κ2) is 10.1. The molecule has 2 atom stereocenters. The first kappa shape index (κ1) is 24.4. The molecule has 11 heteroatoms. The van der Waals surface area contributed by atoms with Crippen LogP contribution in [-0.2, 0) is 21.3 Å². The number of esters is 2. The number of carbonyl (C=O) groups excluding carboxylic acids is 2. The molecule has 1 saturated heterocycles. The highest BCUT2D eigenvalue weighted by Crippen LogP contribution is 2.30. The van der Waals surface area contributed by atoms with Crippen molar-refractivity contribution in [1.82, 2.24) is 25.0 Å². The highest BCUT2D eigenvalue weighted by molar-refractivity contribution is 5.93. The number of aromatic nitrogens is 5. The lowest BCUT2D eigenvalue weighted by Crippen LogP contribution is -2.45. The molecule has 2 aromatic heterocycles. The molecular weight excluding hydrogens is 426 g/mol. The molecule has 1 aliphatic heterocycles. The summed E-state index contributed by atoms with van der Waals surface area (Å²) in [6.45, 7) is 10.3. The molecule has 1 aliphatic rings. The zero-order valence-electron chi connectivity index (χ0n) is 20.2. The van der Waals surface area contributed by atoms with Gasteiger partial charge in [0.05, 0.1) is 24.9 Å². The van der Waals surface area contributed by atoms with Gasteiger partial charge in [-0.25, -0.2) is 4.79 Å². The molecule has 0 amide bonds. The van der Waals surface area contributed by atoms with Crippen LogP contribution in [0.4, 0.5) is 17.5 Å². The third-order valence-electron chi connectivity index (χ3n) is 5.37. The van der Waals surface area contributed by atoms with E-state index in [0.717, 1.165) is 19.4 Å². The number of hydrogen-bond acceptors (Lipinski definition) is 10. The van der Waals surface area contributed by atoms with Crippen molar-refractivity contribution in [3.05, 3.63) is 18.1 Å². The molecule has 1 fully saturated rings. The van der Waals surface area contributed by atoms with Crippen LogP contribution in [0.15, 0.2) is 12.4 Å². The number of aryl methyl sites for hydroxylation is 1. The summed E-state index contributed by atoms with van der Waals surface area (Å²) in [5.74, 6) is -0.0952. The largest absolute Gasteiger partial charge is 0.461 e. The summed E-state index contributed by atoms with van der Waals surface area (Å²) in [5.41, 5.74) is 0.140. The van der Waals surface area contributed by atoms with Gasteiger partial charge in [0.1, 0.15) is 5.60 Å². The quantitative estimate of drug-likeness (QED) is 0.618. The molecule has 0 unspecified atom stereocenters. The van der Waals surface area contributed by atoms with Gasteiger partial charge in [-0.05, 0) is 53.4 Å². The minimum atomic E-state index is -0.607. The Bertz CT molecular complexity index is 985. The van der Waals surface area contributed by atoms with Gasteiger partial charge in [-0.3, -0.25) is 9.48 Å². The fourth-order valence-corrected chi connectivity index (χ4v) is 3.86. The minimum absolute atomic E-state index is 0.000537. The zero-order chi connectivity index (χ0) is 24.2. The molecule has 3 heterocycles. The van der Waals surface area contributed by atoms with Gasteiger partial charge >= 0.3 is 11.9 Å². The third kappa shape index (κ3) is 6.39. The maximum Gasteiger partial charge on any atom is 0.362 e. The van der Waals surface area contributed by atoms with Gasteiger partial charge < -0.3 is 19.7 Å². The van der Waals surface area contributed by atoms with Gasteiger partial charge in [0.2, 0.25) is 11.6 Å². The predicted octanol–water partition coefficient (Wildman–Crippen LogP) is 2.86. The van der Waals surface area contributed by atoms with E-state index < -0.39 is 11.6 Å². The van der Waals surface area contributed by atoms with E-state index in [9.17, 15) is 9.59 Å². The topological polar surface area (TPSA) is 124 Å². The summed E-state index contributed by atoms with van der Waals surface area (Å²) in [6.07, 6.45) is 5.50. The van der Waals surface area contributed by atoms with Gasteiger partial charge in [0.15, 0.2) is 5.82 Å². The minimum Gasteiger partial charge on any atom is -0.461 e. The normalized spacial score (nSPS) is 18.7. The molecule has 0 spiro atoms. The van der Waals surface area contributed by atoms with Crippen LogP contribution in [0, 0.1) is 5.92 Å². The van der Waals surface area contributed by atoms with Gasteiger partial charge in [-0.1, -0.05) is 0 Å². The van der Waals surface area contributed by atoms with Crippen molar-refractivity contribution in [2.75, 3.05) is 23.4 Å². The van der Waals surface area contributed by atoms with Crippen LogP contribution in [0.3, 0.4) is 0 Å². The number of rotatable bonds is 7. The molecule has 33 heavy (non-hydrogen) atoms. The third-order valence-corrected chi connectivity index (χ3v) is 5.37. The number of hydrogen-bond donors (Lipinski definition) is 1. The number of nitrogens with zero attached hydrogens (tertiary/aromatic N) is 6. The predicted molar refractivity (Wildman–Crippen MR) is 122 cm³/mol. The van der Waals surface area contributed by atoms with Crippen molar-refractivity contribution >= 4 is 29.4 Å². The Labute approximate surface area is 193 Å². The number of carbonyl (C=O) groups is 2. The first-order chi connectivity index (χ1) is 15.6. The van der Waals surface area contributed by atoms with Crippen molar-refractivity contribution in [3.8, 4) is 0 Å². The van der Waals surface area contributed by atoms with Gasteiger partial charge in [-0.15, -0.1) is 10.2 Å². The summed E-state index contributed by atoms with van der Waals surface area (Å²) in [4.78, 5) is 31.4. The molecule has 11 nitrogen and oxygen atoms in total. The van der Waals surface area contributed by atoms with E-state index in [-0.39, 0.29) is 36.0 Å². The molecule has 0 radical (unpaired) electrons. The summed E-state index contributed by atoms with van der Waals surface area (Å²) in [5, 5.41) is 15.6. The molecule has 3 rings (SSSR count). The molecule has 0 saturated carbocycles. The van der Waals surface area contributed by atoms with Gasteiger partial charge in [0.25, 0.3) is 0 Å². The van der Waals surface area contributed by atoms with E-state index in [4.69, 9.17) is 9.47 Å². The molecule has 0 bridgehead atoms. The van der Waals surface area contributed by atoms with Crippen LogP contribution in [0.25, 0.3) is 0 Å². The zero-order valence-corrected chi connectivity index (χ0v) is 20.2. The van der Waals surface area contributed by atoms with Crippen LogP contribution in [0.2, 0.25) is 0 Å². The highest BCUT2D eigenvalue weighted by Gasteiger charge is 2.33. The van der Waals surface area contributed by atoms with Crippen molar-refractivity contribution in [2.45, 2.75) is 65.5 Å². The Hall–Kier alpha value is -3.24. The van der Waals surface area contributed by atoms with Crippen molar-refractivity contribution < 1.29 is 19.1 Å². The summed E-state index contributed by atoms with van der Waals surface area (Å²) >= 11 is 0. The van der Waals surface area contributed by atoms with E-state index in [0.29, 0.717) is 18.1 Å². The standard InChI is InChI=1S/C22H33N7O4/c1-7-32-20(31)18-19(24-16-12-23-28(6)13-16)25-21(27-26-18)29-10-8-9-15(14(29)2)11-17(30)33-22(3,4)5/h12-15H,7-11H2,1-6H3,(H,24,25,27)/t14-,15+/m1/s1. The average molecular weight is 460 g/mol. The number of anilines is 3. The van der Waals surface area contributed by atoms with E-state index in [1.165, 1.54) is 0 Å². The SMILES string of the molecule is CCOC(=O)c1nnc(N2CCC[C@@H](CC(=O)OC(C)(C)C)[C@H]2C)nc1Nc1cnn(C)c1. The summed E-state index contributed by atoms with van der Waals surface area (Å²) in [6, 6.07) is -0.00671. The maximum atomic E-state index is 12.4. The Morgan fingerprint density at radius 2 is 2.03 bits per heavy atom. The van der Waals surface area contributed by atoms with E-state index >= 15 is 0 Å². The second-order valence-electron chi connectivity index (χ2n) is 9.18. The van der Waals surface area contributed by atoms with Crippen LogP contribution < -0.4 is 10.2 Å². The monoisotopic (exact) mass is 459 g/mol.